The Balaban J connectivity index is 0.00000264. The Morgan fingerprint density at radius 1 is 1.17 bits per heavy atom. The van der Waals surface area contributed by atoms with Crippen LogP contribution >= 0.6 is 12.4 Å². The number of morpholine rings is 1. The van der Waals surface area contributed by atoms with Crippen LogP contribution in [0.4, 0.5) is 11.4 Å². The van der Waals surface area contributed by atoms with Crippen molar-refractivity contribution in [2.24, 2.45) is 5.92 Å². The van der Waals surface area contributed by atoms with Gasteiger partial charge in [-0.25, -0.2) is 0 Å². The highest BCUT2D eigenvalue weighted by Gasteiger charge is 2.28. The first-order valence-electron chi connectivity index (χ1n) is 7.54. The summed E-state index contributed by atoms with van der Waals surface area (Å²) < 4.78 is 5.46. The predicted octanol–water partition coefficient (Wildman–Crippen LogP) is 2.02. The average molecular weight is 342 g/mol. The first-order chi connectivity index (χ1) is 10.5. The molecule has 1 heterocycles. The first-order valence-corrected chi connectivity index (χ1v) is 7.54. The molecule has 1 saturated heterocycles. The molecule has 0 bridgehead atoms. The van der Waals surface area contributed by atoms with Crippen LogP contribution in [-0.4, -0.2) is 37.1 Å². The van der Waals surface area contributed by atoms with E-state index in [4.69, 9.17) is 4.74 Å². The van der Waals surface area contributed by atoms with Crippen LogP contribution in [0, 0.1) is 5.92 Å². The lowest BCUT2D eigenvalue weighted by atomic mass is 10.1. The van der Waals surface area contributed by atoms with Crippen molar-refractivity contribution in [3.05, 3.63) is 24.3 Å². The zero-order valence-electron chi connectivity index (χ0n) is 13.6. The smallest absolute Gasteiger partial charge is 0.244 e. The summed E-state index contributed by atoms with van der Waals surface area (Å²) in [4.78, 5) is 23.8. The normalized spacial score (nSPS) is 20.5. The number of anilines is 2. The second kappa shape index (κ2) is 8.86. The van der Waals surface area contributed by atoms with E-state index in [9.17, 15) is 9.59 Å². The molecule has 1 aromatic rings. The molecule has 6 nitrogen and oxygen atoms in total. The van der Waals surface area contributed by atoms with Gasteiger partial charge in [-0.15, -0.1) is 12.4 Å². The fraction of sp³-hybridized carbons (Fsp3) is 0.500. The Bertz CT molecular complexity index is 534. The predicted molar refractivity (Wildman–Crippen MR) is 93.0 cm³/mol. The third kappa shape index (κ3) is 5.49. The highest BCUT2D eigenvalue weighted by atomic mass is 35.5. The average Bonchev–Trinajstić information content (AvgIpc) is 2.49. The van der Waals surface area contributed by atoms with Crippen LogP contribution in [-0.2, 0) is 14.3 Å². The minimum atomic E-state index is -0.353. The number of amides is 2. The Morgan fingerprint density at radius 3 is 2.26 bits per heavy atom. The molecule has 0 radical (unpaired) electrons. The number of rotatable bonds is 4. The van der Waals surface area contributed by atoms with Crippen LogP contribution in [0.5, 0.6) is 0 Å². The lowest BCUT2D eigenvalue weighted by Crippen LogP contribution is -2.53. The Hall–Kier alpha value is -1.63. The number of benzene rings is 1. The van der Waals surface area contributed by atoms with Crippen LogP contribution in [0.2, 0.25) is 0 Å². The van der Waals surface area contributed by atoms with E-state index < -0.39 is 0 Å². The van der Waals surface area contributed by atoms with Gasteiger partial charge in [0.2, 0.25) is 11.8 Å². The number of halogens is 1. The molecule has 1 fully saturated rings. The van der Waals surface area contributed by atoms with E-state index in [0.29, 0.717) is 24.5 Å². The molecule has 3 N–H and O–H groups in total. The Kier molecular flexibility index (Phi) is 7.48. The lowest BCUT2D eigenvalue weighted by Gasteiger charge is -2.29. The topological polar surface area (TPSA) is 79.5 Å². The van der Waals surface area contributed by atoms with Gasteiger partial charge in [-0.3, -0.25) is 9.59 Å². The second-order valence-electron chi connectivity index (χ2n) is 5.72. The van der Waals surface area contributed by atoms with Gasteiger partial charge < -0.3 is 20.7 Å². The standard InChI is InChI=1S/C16H23N3O3.ClH/c1-10(2)15(20)18-12-4-6-13(7-5-12)19-16(21)14-11(3)22-9-8-17-14;/h4-7,10-11,14,17H,8-9H2,1-3H3,(H,18,20)(H,19,21);1H/t11-,14+;/m1./s1. The number of carbonyl (C=O) groups is 2. The summed E-state index contributed by atoms with van der Waals surface area (Å²) in [6.07, 6.45) is -0.154. The summed E-state index contributed by atoms with van der Waals surface area (Å²) >= 11 is 0. The van der Waals surface area contributed by atoms with Crippen molar-refractivity contribution in [3.63, 3.8) is 0 Å². The van der Waals surface area contributed by atoms with Gasteiger partial charge in [0.1, 0.15) is 6.04 Å². The van der Waals surface area contributed by atoms with Gasteiger partial charge >= 0.3 is 0 Å². The minimum absolute atomic E-state index is 0. The minimum Gasteiger partial charge on any atom is -0.375 e. The maximum atomic E-state index is 12.2. The fourth-order valence-electron chi connectivity index (χ4n) is 2.17. The third-order valence-corrected chi connectivity index (χ3v) is 3.54. The zero-order valence-corrected chi connectivity index (χ0v) is 14.4. The van der Waals surface area contributed by atoms with Crippen molar-refractivity contribution >= 4 is 35.6 Å². The molecule has 2 atom stereocenters. The molecule has 2 rings (SSSR count). The van der Waals surface area contributed by atoms with Crippen molar-refractivity contribution in [2.45, 2.75) is 32.9 Å². The van der Waals surface area contributed by atoms with Gasteiger partial charge in [-0.1, -0.05) is 13.8 Å². The van der Waals surface area contributed by atoms with E-state index in [1.807, 2.05) is 20.8 Å². The molecule has 1 aliphatic heterocycles. The summed E-state index contributed by atoms with van der Waals surface area (Å²) in [5.41, 5.74) is 1.40. The fourth-order valence-corrected chi connectivity index (χ4v) is 2.17. The van der Waals surface area contributed by atoms with Crippen LogP contribution in [0.3, 0.4) is 0 Å². The number of hydrogen-bond acceptors (Lipinski definition) is 4. The van der Waals surface area contributed by atoms with E-state index in [-0.39, 0.29) is 42.3 Å². The lowest BCUT2D eigenvalue weighted by molar-refractivity contribution is -0.123. The highest BCUT2D eigenvalue weighted by Crippen LogP contribution is 2.15. The van der Waals surface area contributed by atoms with Crippen LogP contribution in [0.15, 0.2) is 24.3 Å². The van der Waals surface area contributed by atoms with Gasteiger partial charge in [0.25, 0.3) is 0 Å². The van der Waals surface area contributed by atoms with E-state index in [1.54, 1.807) is 24.3 Å². The molecule has 7 heteroatoms. The second-order valence-corrected chi connectivity index (χ2v) is 5.72. The molecule has 1 aliphatic rings. The van der Waals surface area contributed by atoms with E-state index in [1.165, 1.54) is 0 Å². The highest BCUT2D eigenvalue weighted by molar-refractivity contribution is 5.96. The van der Waals surface area contributed by atoms with Gasteiger partial charge in [0, 0.05) is 23.8 Å². The molecule has 0 saturated carbocycles. The first kappa shape index (κ1) is 19.4. The zero-order chi connectivity index (χ0) is 16.1. The molecule has 0 unspecified atom stereocenters. The van der Waals surface area contributed by atoms with Gasteiger partial charge in [-0.2, -0.15) is 0 Å². The van der Waals surface area contributed by atoms with Gasteiger partial charge in [0.05, 0.1) is 12.7 Å². The molecule has 0 aliphatic carbocycles. The molecular formula is C16H24ClN3O3. The van der Waals surface area contributed by atoms with Gasteiger partial charge in [0.15, 0.2) is 0 Å². The summed E-state index contributed by atoms with van der Waals surface area (Å²) in [6, 6.07) is 6.72. The van der Waals surface area contributed by atoms with E-state index in [0.717, 1.165) is 0 Å². The van der Waals surface area contributed by atoms with Gasteiger partial charge in [-0.05, 0) is 31.2 Å². The van der Waals surface area contributed by atoms with Crippen molar-refractivity contribution < 1.29 is 14.3 Å². The molecule has 23 heavy (non-hydrogen) atoms. The molecule has 2 amide bonds. The van der Waals surface area contributed by atoms with E-state index >= 15 is 0 Å². The maximum absolute atomic E-state index is 12.2. The number of ether oxygens (including phenoxy) is 1. The number of nitrogens with one attached hydrogen (secondary N) is 3. The summed E-state index contributed by atoms with van der Waals surface area (Å²) in [7, 11) is 0. The Morgan fingerprint density at radius 2 is 1.74 bits per heavy atom. The van der Waals surface area contributed by atoms with Crippen molar-refractivity contribution in [1.82, 2.24) is 5.32 Å². The number of carbonyl (C=O) groups excluding carboxylic acids is 2. The van der Waals surface area contributed by atoms with Crippen molar-refractivity contribution in [2.75, 3.05) is 23.8 Å². The maximum Gasteiger partial charge on any atom is 0.244 e. The quantitative estimate of drug-likeness (QED) is 0.782. The van der Waals surface area contributed by atoms with Crippen LogP contribution in [0.1, 0.15) is 20.8 Å². The molecule has 128 valence electrons. The van der Waals surface area contributed by atoms with Crippen molar-refractivity contribution in [1.29, 1.82) is 0 Å². The number of hydrogen-bond donors (Lipinski definition) is 3. The summed E-state index contributed by atoms with van der Waals surface area (Å²) in [6.45, 7) is 6.84. The van der Waals surface area contributed by atoms with E-state index in [2.05, 4.69) is 16.0 Å². The molecule has 0 aromatic heterocycles. The summed E-state index contributed by atoms with van der Waals surface area (Å²) in [5.74, 6) is -0.224. The van der Waals surface area contributed by atoms with Crippen LogP contribution in [0.25, 0.3) is 0 Å². The largest absolute Gasteiger partial charge is 0.375 e. The molecule has 0 spiro atoms. The third-order valence-electron chi connectivity index (χ3n) is 3.54. The SMILES string of the molecule is CC(C)C(=O)Nc1ccc(NC(=O)[C@H]2NCCO[C@@H]2C)cc1.Cl. The van der Waals surface area contributed by atoms with Crippen LogP contribution < -0.4 is 16.0 Å². The Labute approximate surface area is 142 Å². The molecule has 1 aromatic carbocycles. The summed E-state index contributed by atoms with van der Waals surface area (Å²) in [5, 5.41) is 8.80. The van der Waals surface area contributed by atoms with Crippen molar-refractivity contribution in [3.8, 4) is 0 Å². The monoisotopic (exact) mass is 341 g/mol. The molecular weight excluding hydrogens is 318 g/mol.